The number of carbonyl (C=O) groups excluding carboxylic acids is 1. The van der Waals surface area contributed by atoms with Crippen LogP contribution in [0.2, 0.25) is 0 Å². The van der Waals surface area contributed by atoms with Gasteiger partial charge in [0.1, 0.15) is 0 Å². The lowest BCUT2D eigenvalue weighted by molar-refractivity contribution is -0.115. The van der Waals surface area contributed by atoms with Gasteiger partial charge < -0.3 is 10.2 Å². The molecule has 2 aromatic carbocycles. The summed E-state index contributed by atoms with van der Waals surface area (Å²) in [6, 6.07) is 18.4. The van der Waals surface area contributed by atoms with Gasteiger partial charge >= 0.3 is 0 Å². The van der Waals surface area contributed by atoms with Gasteiger partial charge in [-0.25, -0.2) is 0 Å². The van der Waals surface area contributed by atoms with E-state index in [1.807, 2.05) is 42.5 Å². The van der Waals surface area contributed by atoms with Gasteiger partial charge in [-0.3, -0.25) is 15.6 Å². The largest absolute Gasteiger partial charge is 0.362 e. The molecular weight excluding hydrogens is 300 g/mol. The van der Waals surface area contributed by atoms with E-state index in [0.717, 1.165) is 30.9 Å². The molecule has 3 rings (SSSR count). The van der Waals surface area contributed by atoms with E-state index in [4.69, 9.17) is 0 Å². The summed E-state index contributed by atoms with van der Waals surface area (Å²) in [6.07, 6.45) is 1.08. The van der Waals surface area contributed by atoms with Crippen molar-refractivity contribution < 1.29 is 4.79 Å². The molecular formula is C19H24N4O. The van der Waals surface area contributed by atoms with Crippen LogP contribution in [0.4, 0.5) is 11.4 Å². The first kappa shape index (κ1) is 16.5. The molecule has 1 atom stereocenters. The van der Waals surface area contributed by atoms with Crippen LogP contribution < -0.4 is 21.1 Å². The molecule has 1 unspecified atom stereocenters. The van der Waals surface area contributed by atoms with Gasteiger partial charge in [-0.05, 0) is 43.2 Å². The third-order valence-electron chi connectivity index (χ3n) is 4.27. The molecule has 24 heavy (non-hydrogen) atoms. The second-order valence-electron chi connectivity index (χ2n) is 5.93. The Morgan fingerprint density at radius 1 is 1.17 bits per heavy atom. The Balaban J connectivity index is 1.58. The topological polar surface area (TPSA) is 56.4 Å². The fourth-order valence-electron chi connectivity index (χ4n) is 2.93. The number of hydrogen-bond donors (Lipinski definition) is 3. The molecule has 0 radical (unpaired) electrons. The number of anilines is 2. The van der Waals surface area contributed by atoms with Gasteiger partial charge in [-0.15, -0.1) is 0 Å². The highest BCUT2D eigenvalue weighted by atomic mass is 16.2. The van der Waals surface area contributed by atoms with Crippen molar-refractivity contribution in [3.63, 3.8) is 0 Å². The fraction of sp³-hybridized carbons (Fsp3) is 0.316. The van der Waals surface area contributed by atoms with Gasteiger partial charge in [0.05, 0.1) is 6.54 Å². The zero-order chi connectivity index (χ0) is 16.8. The molecule has 0 aromatic heterocycles. The highest BCUT2D eigenvalue weighted by Gasteiger charge is 2.15. The summed E-state index contributed by atoms with van der Waals surface area (Å²) in [6.45, 7) is 4.17. The van der Waals surface area contributed by atoms with E-state index in [1.54, 1.807) is 0 Å². The molecule has 1 aliphatic rings. The average molecular weight is 324 g/mol. The predicted molar refractivity (Wildman–Crippen MR) is 97.9 cm³/mol. The standard InChI is InChI=1S/C19H24N4O/c1-2-23(17-6-4-3-5-7-17)14-19(24)21-16-10-8-15(9-11-16)18-12-13-20-22-18/h3-11,18,20,22H,2,12-14H2,1H3,(H,21,24). The van der Waals surface area contributed by atoms with E-state index >= 15 is 0 Å². The first-order chi connectivity index (χ1) is 11.8. The van der Waals surface area contributed by atoms with Crippen LogP contribution >= 0.6 is 0 Å². The Morgan fingerprint density at radius 3 is 2.54 bits per heavy atom. The molecule has 1 amide bonds. The van der Waals surface area contributed by atoms with Crippen LogP contribution in [0.15, 0.2) is 54.6 Å². The normalized spacial score (nSPS) is 16.8. The van der Waals surface area contributed by atoms with Crippen LogP contribution in [0.1, 0.15) is 24.9 Å². The van der Waals surface area contributed by atoms with Crippen molar-refractivity contribution in [2.24, 2.45) is 0 Å². The van der Waals surface area contributed by atoms with Crippen molar-refractivity contribution in [2.45, 2.75) is 19.4 Å². The molecule has 1 fully saturated rings. The highest BCUT2D eigenvalue weighted by Crippen LogP contribution is 2.20. The van der Waals surface area contributed by atoms with Gasteiger partial charge in [-0.1, -0.05) is 30.3 Å². The first-order valence-corrected chi connectivity index (χ1v) is 8.44. The lowest BCUT2D eigenvalue weighted by Crippen LogP contribution is -2.33. The Kier molecular flexibility index (Phi) is 5.46. The Bertz CT molecular complexity index is 651. The maximum Gasteiger partial charge on any atom is 0.243 e. The smallest absolute Gasteiger partial charge is 0.243 e. The van der Waals surface area contributed by atoms with E-state index in [2.05, 4.69) is 40.1 Å². The molecule has 1 aliphatic heterocycles. The number of carbonyl (C=O) groups is 1. The van der Waals surface area contributed by atoms with Gasteiger partial charge in [-0.2, -0.15) is 0 Å². The molecule has 1 saturated heterocycles. The van der Waals surface area contributed by atoms with Crippen LogP contribution in [0.5, 0.6) is 0 Å². The number of hydrogen-bond acceptors (Lipinski definition) is 4. The number of amides is 1. The predicted octanol–water partition coefficient (Wildman–Crippen LogP) is 2.69. The molecule has 0 saturated carbocycles. The second-order valence-corrected chi connectivity index (χ2v) is 5.93. The van der Waals surface area contributed by atoms with Crippen molar-refractivity contribution in [1.82, 2.24) is 10.9 Å². The summed E-state index contributed by atoms with van der Waals surface area (Å²) < 4.78 is 0. The minimum Gasteiger partial charge on any atom is -0.362 e. The zero-order valence-corrected chi connectivity index (χ0v) is 14.0. The van der Waals surface area contributed by atoms with Crippen LogP contribution in [0.3, 0.4) is 0 Å². The first-order valence-electron chi connectivity index (χ1n) is 8.44. The lowest BCUT2D eigenvalue weighted by atomic mass is 10.1. The van der Waals surface area contributed by atoms with E-state index in [-0.39, 0.29) is 5.91 Å². The molecule has 0 aliphatic carbocycles. The lowest BCUT2D eigenvalue weighted by Gasteiger charge is -2.22. The number of rotatable bonds is 6. The number of hydrazine groups is 1. The van der Waals surface area contributed by atoms with E-state index < -0.39 is 0 Å². The van der Waals surface area contributed by atoms with E-state index in [9.17, 15) is 4.79 Å². The maximum absolute atomic E-state index is 12.3. The molecule has 0 bridgehead atoms. The van der Waals surface area contributed by atoms with Gasteiger partial charge in [0, 0.05) is 30.5 Å². The third kappa shape index (κ3) is 4.13. The quantitative estimate of drug-likeness (QED) is 0.765. The number of benzene rings is 2. The average Bonchev–Trinajstić information content (AvgIpc) is 3.16. The maximum atomic E-state index is 12.3. The molecule has 5 nitrogen and oxygen atoms in total. The van der Waals surface area contributed by atoms with Crippen LogP contribution in [0, 0.1) is 0 Å². The van der Waals surface area contributed by atoms with Gasteiger partial charge in [0.15, 0.2) is 0 Å². The van der Waals surface area contributed by atoms with Crippen molar-refractivity contribution in [1.29, 1.82) is 0 Å². The Morgan fingerprint density at radius 2 is 1.92 bits per heavy atom. The van der Waals surface area contributed by atoms with Crippen molar-refractivity contribution in [3.8, 4) is 0 Å². The molecule has 126 valence electrons. The van der Waals surface area contributed by atoms with Crippen LogP contribution in [0.25, 0.3) is 0 Å². The summed E-state index contributed by atoms with van der Waals surface area (Å²) >= 11 is 0. The van der Waals surface area contributed by atoms with Crippen LogP contribution in [-0.4, -0.2) is 25.5 Å². The minimum absolute atomic E-state index is 0.00545. The van der Waals surface area contributed by atoms with E-state index in [0.29, 0.717) is 12.6 Å². The number of likely N-dealkylation sites (N-methyl/N-ethyl adjacent to an activating group) is 1. The second kappa shape index (κ2) is 7.95. The number of para-hydroxylation sites is 1. The monoisotopic (exact) mass is 324 g/mol. The Labute approximate surface area is 143 Å². The summed E-state index contributed by atoms with van der Waals surface area (Å²) in [5.74, 6) is -0.00545. The number of nitrogens with one attached hydrogen (secondary N) is 3. The highest BCUT2D eigenvalue weighted by molar-refractivity contribution is 5.94. The number of nitrogens with zero attached hydrogens (tertiary/aromatic N) is 1. The summed E-state index contributed by atoms with van der Waals surface area (Å²) in [5, 5.41) is 2.98. The molecule has 1 heterocycles. The van der Waals surface area contributed by atoms with Gasteiger partial charge in [0.2, 0.25) is 5.91 Å². The molecule has 2 aromatic rings. The minimum atomic E-state index is -0.00545. The van der Waals surface area contributed by atoms with Crippen molar-refractivity contribution >= 4 is 17.3 Å². The molecule has 3 N–H and O–H groups in total. The fourth-order valence-corrected chi connectivity index (χ4v) is 2.93. The SMILES string of the molecule is CCN(CC(=O)Nc1ccc(C2CCNN2)cc1)c1ccccc1. The third-order valence-corrected chi connectivity index (χ3v) is 4.27. The molecule has 0 spiro atoms. The zero-order valence-electron chi connectivity index (χ0n) is 14.0. The van der Waals surface area contributed by atoms with Crippen molar-refractivity contribution in [2.75, 3.05) is 29.9 Å². The summed E-state index contributed by atoms with van der Waals surface area (Å²) in [4.78, 5) is 14.4. The Hall–Kier alpha value is -2.37. The van der Waals surface area contributed by atoms with Gasteiger partial charge in [0.25, 0.3) is 0 Å². The van der Waals surface area contributed by atoms with E-state index in [1.165, 1.54) is 5.56 Å². The van der Waals surface area contributed by atoms with Crippen LogP contribution in [-0.2, 0) is 4.79 Å². The summed E-state index contributed by atoms with van der Waals surface area (Å²) in [7, 11) is 0. The summed E-state index contributed by atoms with van der Waals surface area (Å²) in [5.41, 5.74) is 9.50. The molecule has 5 heteroatoms. The van der Waals surface area contributed by atoms with Crippen molar-refractivity contribution in [3.05, 3.63) is 60.2 Å².